The molecule has 1 aliphatic heterocycles. The average Bonchev–Trinajstić information content (AvgIpc) is 2.58. The molecule has 0 atom stereocenters. The molecule has 5 heteroatoms. The first-order valence-electron chi connectivity index (χ1n) is 8.09. The fraction of sp³-hybridized carbons (Fsp3) is 0.263. The Bertz CT molecular complexity index is 789. The van der Waals surface area contributed by atoms with Crippen LogP contribution in [0, 0.1) is 0 Å². The van der Waals surface area contributed by atoms with Crippen LogP contribution in [0.3, 0.4) is 0 Å². The van der Waals surface area contributed by atoms with Gasteiger partial charge in [0.1, 0.15) is 0 Å². The first-order chi connectivity index (χ1) is 11.6. The largest absolute Gasteiger partial charge is 0.322 e. The fourth-order valence-electron chi connectivity index (χ4n) is 2.95. The Hall–Kier alpha value is -2.14. The lowest BCUT2D eigenvalue weighted by Gasteiger charge is -2.29. The Morgan fingerprint density at radius 2 is 2.00 bits per heavy atom. The zero-order valence-corrected chi connectivity index (χ0v) is 15.1. The smallest absolute Gasteiger partial charge is 0.256 e. The van der Waals surface area contributed by atoms with Gasteiger partial charge in [-0.3, -0.25) is 9.59 Å². The molecule has 0 saturated heterocycles. The van der Waals surface area contributed by atoms with Crippen molar-refractivity contribution in [2.45, 2.75) is 26.2 Å². The first kappa shape index (κ1) is 16.7. The molecule has 0 aliphatic carbocycles. The maximum Gasteiger partial charge on any atom is 0.256 e. The molecule has 1 N–H and O–H groups in total. The zero-order chi connectivity index (χ0) is 17.1. The number of amides is 2. The molecule has 3 rings (SSSR count). The van der Waals surface area contributed by atoms with Gasteiger partial charge in [0, 0.05) is 28.8 Å². The first-order valence-corrected chi connectivity index (χ1v) is 8.88. The van der Waals surface area contributed by atoms with E-state index in [-0.39, 0.29) is 11.8 Å². The molecule has 0 unspecified atom stereocenters. The van der Waals surface area contributed by atoms with Crippen LogP contribution >= 0.6 is 15.9 Å². The Labute approximate surface area is 150 Å². The van der Waals surface area contributed by atoms with Crippen molar-refractivity contribution in [3.63, 3.8) is 0 Å². The van der Waals surface area contributed by atoms with Crippen molar-refractivity contribution in [3.05, 3.63) is 58.1 Å². The number of nitrogens with zero attached hydrogens (tertiary/aromatic N) is 1. The van der Waals surface area contributed by atoms with Crippen LogP contribution in [0.5, 0.6) is 0 Å². The SMILES string of the molecule is CCCN1C(=O)CCc2cc(NC(=O)c3ccccc3Br)ccc21. The highest BCUT2D eigenvalue weighted by Gasteiger charge is 2.23. The van der Waals surface area contributed by atoms with Gasteiger partial charge in [-0.25, -0.2) is 0 Å². The van der Waals surface area contributed by atoms with E-state index in [4.69, 9.17) is 0 Å². The summed E-state index contributed by atoms with van der Waals surface area (Å²) in [6.07, 6.45) is 2.16. The number of anilines is 2. The summed E-state index contributed by atoms with van der Waals surface area (Å²) in [7, 11) is 0. The third-order valence-electron chi connectivity index (χ3n) is 4.10. The van der Waals surface area contributed by atoms with Gasteiger partial charge in [-0.2, -0.15) is 0 Å². The van der Waals surface area contributed by atoms with Crippen molar-refractivity contribution >= 4 is 39.1 Å². The van der Waals surface area contributed by atoms with E-state index in [1.165, 1.54) is 0 Å². The summed E-state index contributed by atoms with van der Waals surface area (Å²) in [6.45, 7) is 2.79. The van der Waals surface area contributed by atoms with Gasteiger partial charge in [0.15, 0.2) is 0 Å². The normalized spacial score (nSPS) is 13.6. The van der Waals surface area contributed by atoms with Crippen LogP contribution in [0.4, 0.5) is 11.4 Å². The van der Waals surface area contributed by atoms with E-state index in [2.05, 4.69) is 28.2 Å². The maximum absolute atomic E-state index is 12.4. The van der Waals surface area contributed by atoms with E-state index in [1.54, 1.807) is 6.07 Å². The van der Waals surface area contributed by atoms with E-state index in [1.807, 2.05) is 41.3 Å². The van der Waals surface area contributed by atoms with Crippen molar-refractivity contribution in [2.75, 3.05) is 16.8 Å². The van der Waals surface area contributed by atoms with Gasteiger partial charge >= 0.3 is 0 Å². The predicted octanol–water partition coefficient (Wildman–Crippen LogP) is 4.39. The predicted molar refractivity (Wildman–Crippen MR) is 99.5 cm³/mol. The molecule has 0 spiro atoms. The number of halogens is 1. The highest BCUT2D eigenvalue weighted by atomic mass is 79.9. The molecular weight excluding hydrogens is 368 g/mol. The van der Waals surface area contributed by atoms with Crippen molar-refractivity contribution in [1.82, 2.24) is 0 Å². The Kier molecular flexibility index (Phi) is 5.00. The van der Waals surface area contributed by atoms with Gasteiger partial charge < -0.3 is 10.2 Å². The van der Waals surface area contributed by atoms with Crippen molar-refractivity contribution in [2.24, 2.45) is 0 Å². The number of hydrogen-bond acceptors (Lipinski definition) is 2. The average molecular weight is 387 g/mol. The number of benzene rings is 2. The lowest BCUT2D eigenvalue weighted by molar-refractivity contribution is -0.118. The van der Waals surface area contributed by atoms with E-state index < -0.39 is 0 Å². The summed E-state index contributed by atoms with van der Waals surface area (Å²) in [4.78, 5) is 26.3. The van der Waals surface area contributed by atoms with Crippen LogP contribution < -0.4 is 10.2 Å². The third kappa shape index (κ3) is 3.36. The molecule has 0 radical (unpaired) electrons. The molecule has 2 aromatic rings. The molecular formula is C19H19BrN2O2. The summed E-state index contributed by atoms with van der Waals surface area (Å²) >= 11 is 3.40. The minimum absolute atomic E-state index is 0.153. The Morgan fingerprint density at radius 3 is 2.75 bits per heavy atom. The van der Waals surface area contributed by atoms with E-state index in [0.717, 1.165) is 34.4 Å². The van der Waals surface area contributed by atoms with Crippen LogP contribution in [0.1, 0.15) is 35.7 Å². The van der Waals surface area contributed by atoms with Crippen molar-refractivity contribution in [1.29, 1.82) is 0 Å². The molecule has 2 amide bonds. The number of fused-ring (bicyclic) bond motifs is 1. The molecule has 0 bridgehead atoms. The van der Waals surface area contributed by atoms with E-state index >= 15 is 0 Å². The monoisotopic (exact) mass is 386 g/mol. The molecule has 1 aliphatic rings. The zero-order valence-electron chi connectivity index (χ0n) is 13.5. The number of carbonyl (C=O) groups is 2. The minimum Gasteiger partial charge on any atom is -0.322 e. The van der Waals surface area contributed by atoms with Gasteiger partial charge in [-0.1, -0.05) is 19.1 Å². The number of rotatable bonds is 4. The number of hydrogen-bond donors (Lipinski definition) is 1. The van der Waals surface area contributed by atoms with Crippen LogP contribution in [-0.4, -0.2) is 18.4 Å². The van der Waals surface area contributed by atoms with Gasteiger partial charge in [-0.15, -0.1) is 0 Å². The quantitative estimate of drug-likeness (QED) is 0.846. The van der Waals surface area contributed by atoms with Gasteiger partial charge in [0.05, 0.1) is 5.56 Å². The van der Waals surface area contributed by atoms with Crippen LogP contribution in [0.2, 0.25) is 0 Å². The lowest BCUT2D eigenvalue weighted by Crippen LogP contribution is -2.35. The second-order valence-electron chi connectivity index (χ2n) is 5.82. The standard InChI is InChI=1S/C19H19BrN2O2/c1-2-11-22-17-9-8-14(12-13(17)7-10-18(22)23)21-19(24)15-5-3-4-6-16(15)20/h3-6,8-9,12H,2,7,10-11H2,1H3,(H,21,24). The Morgan fingerprint density at radius 1 is 1.21 bits per heavy atom. The molecule has 1 heterocycles. The summed E-state index contributed by atoms with van der Waals surface area (Å²) in [5.74, 6) is 0.0223. The minimum atomic E-state index is -0.153. The highest BCUT2D eigenvalue weighted by molar-refractivity contribution is 9.10. The highest BCUT2D eigenvalue weighted by Crippen LogP contribution is 2.30. The summed E-state index contributed by atoms with van der Waals surface area (Å²) in [6, 6.07) is 13.1. The number of nitrogens with one attached hydrogen (secondary N) is 1. The topological polar surface area (TPSA) is 49.4 Å². The fourth-order valence-corrected chi connectivity index (χ4v) is 3.42. The van der Waals surface area contributed by atoms with Crippen LogP contribution in [-0.2, 0) is 11.2 Å². The molecule has 2 aromatic carbocycles. The lowest BCUT2D eigenvalue weighted by atomic mass is 10.00. The molecule has 4 nitrogen and oxygen atoms in total. The van der Waals surface area contributed by atoms with Crippen LogP contribution in [0.25, 0.3) is 0 Å². The number of aryl methyl sites for hydroxylation is 1. The van der Waals surface area contributed by atoms with Gasteiger partial charge in [0.25, 0.3) is 5.91 Å². The van der Waals surface area contributed by atoms with E-state index in [0.29, 0.717) is 18.4 Å². The second kappa shape index (κ2) is 7.18. The summed E-state index contributed by atoms with van der Waals surface area (Å²) < 4.78 is 0.764. The summed E-state index contributed by atoms with van der Waals surface area (Å²) in [5.41, 5.74) is 3.42. The second-order valence-corrected chi connectivity index (χ2v) is 6.68. The van der Waals surface area contributed by atoms with E-state index in [9.17, 15) is 9.59 Å². The van der Waals surface area contributed by atoms with Gasteiger partial charge in [0.2, 0.25) is 5.91 Å². The molecule has 24 heavy (non-hydrogen) atoms. The molecule has 124 valence electrons. The molecule has 0 saturated carbocycles. The Balaban J connectivity index is 1.83. The van der Waals surface area contributed by atoms with Crippen molar-refractivity contribution < 1.29 is 9.59 Å². The van der Waals surface area contributed by atoms with Crippen LogP contribution in [0.15, 0.2) is 46.9 Å². The molecule has 0 aromatic heterocycles. The molecule has 0 fully saturated rings. The van der Waals surface area contributed by atoms with Crippen molar-refractivity contribution in [3.8, 4) is 0 Å². The third-order valence-corrected chi connectivity index (χ3v) is 4.79. The number of carbonyl (C=O) groups excluding carboxylic acids is 2. The summed E-state index contributed by atoms with van der Waals surface area (Å²) in [5, 5.41) is 2.93. The van der Waals surface area contributed by atoms with Gasteiger partial charge in [-0.05, 0) is 64.7 Å². The maximum atomic E-state index is 12.4.